The lowest BCUT2D eigenvalue weighted by Crippen LogP contribution is -2.15. The standard InChI is InChI=1S/C15H15FN2O3S/c1-22(19,20)13-8-3-2-5-10(13)9-21-12-7-4-6-11(16)14(12)15(17)18/h2-8H,9H2,1H3,(H3,17,18). The van der Waals surface area contributed by atoms with Crippen LogP contribution in [0.2, 0.25) is 0 Å². The first-order valence-corrected chi connectivity index (χ1v) is 8.23. The summed E-state index contributed by atoms with van der Waals surface area (Å²) in [6, 6.07) is 10.5. The van der Waals surface area contributed by atoms with Crippen molar-refractivity contribution in [3.05, 3.63) is 59.4 Å². The lowest BCUT2D eigenvalue weighted by atomic mass is 10.1. The van der Waals surface area contributed by atoms with Crippen molar-refractivity contribution in [2.24, 2.45) is 5.73 Å². The van der Waals surface area contributed by atoms with E-state index in [0.717, 1.165) is 6.26 Å². The van der Waals surface area contributed by atoms with Crippen LogP contribution in [0.1, 0.15) is 11.1 Å². The van der Waals surface area contributed by atoms with Crippen LogP contribution in [0.4, 0.5) is 4.39 Å². The number of ether oxygens (including phenoxy) is 1. The first-order chi connectivity index (χ1) is 10.3. The highest BCUT2D eigenvalue weighted by Gasteiger charge is 2.15. The van der Waals surface area contributed by atoms with Crippen LogP contribution in [0.3, 0.4) is 0 Å². The summed E-state index contributed by atoms with van der Waals surface area (Å²) >= 11 is 0. The Balaban J connectivity index is 2.33. The molecule has 116 valence electrons. The lowest BCUT2D eigenvalue weighted by molar-refractivity contribution is 0.300. The fourth-order valence-electron chi connectivity index (χ4n) is 2.03. The summed E-state index contributed by atoms with van der Waals surface area (Å²) in [5.41, 5.74) is 5.66. The topological polar surface area (TPSA) is 93.2 Å². The third-order valence-electron chi connectivity index (χ3n) is 3.00. The molecule has 0 aliphatic rings. The maximum atomic E-state index is 13.7. The Hall–Kier alpha value is -2.41. The molecule has 0 fully saturated rings. The fraction of sp³-hybridized carbons (Fsp3) is 0.133. The zero-order valence-electron chi connectivity index (χ0n) is 11.8. The number of nitrogens with one attached hydrogen (secondary N) is 1. The monoisotopic (exact) mass is 322 g/mol. The van der Waals surface area contributed by atoms with Gasteiger partial charge in [0.2, 0.25) is 0 Å². The van der Waals surface area contributed by atoms with Gasteiger partial charge in [-0.2, -0.15) is 0 Å². The molecular weight excluding hydrogens is 307 g/mol. The Morgan fingerprint density at radius 1 is 1.23 bits per heavy atom. The summed E-state index contributed by atoms with van der Waals surface area (Å²) < 4.78 is 42.6. The first-order valence-electron chi connectivity index (χ1n) is 6.34. The van der Waals surface area contributed by atoms with Gasteiger partial charge in [0.05, 0.1) is 10.5 Å². The van der Waals surface area contributed by atoms with Crippen molar-refractivity contribution in [2.75, 3.05) is 6.26 Å². The van der Waals surface area contributed by atoms with Crippen LogP contribution in [0, 0.1) is 11.2 Å². The fourth-order valence-corrected chi connectivity index (χ4v) is 2.96. The highest BCUT2D eigenvalue weighted by atomic mass is 32.2. The highest BCUT2D eigenvalue weighted by Crippen LogP contribution is 2.23. The van der Waals surface area contributed by atoms with Crippen LogP contribution in [0.15, 0.2) is 47.4 Å². The Labute approximate surface area is 128 Å². The molecule has 5 nitrogen and oxygen atoms in total. The molecule has 3 N–H and O–H groups in total. The van der Waals surface area contributed by atoms with Crippen molar-refractivity contribution < 1.29 is 17.5 Å². The van der Waals surface area contributed by atoms with Gasteiger partial charge in [-0.15, -0.1) is 0 Å². The third kappa shape index (κ3) is 3.43. The van der Waals surface area contributed by atoms with Crippen LogP contribution >= 0.6 is 0 Å². The second kappa shape index (κ2) is 6.15. The minimum atomic E-state index is -3.39. The Kier molecular flexibility index (Phi) is 4.46. The molecule has 2 aromatic carbocycles. The Bertz CT molecular complexity index is 819. The number of hydrogen-bond acceptors (Lipinski definition) is 4. The zero-order valence-corrected chi connectivity index (χ0v) is 12.7. The van der Waals surface area contributed by atoms with Crippen LogP contribution in [-0.2, 0) is 16.4 Å². The van der Waals surface area contributed by atoms with Crippen molar-refractivity contribution in [3.8, 4) is 5.75 Å². The summed E-state index contributed by atoms with van der Waals surface area (Å²) in [5, 5.41) is 7.40. The largest absolute Gasteiger partial charge is 0.488 e. The molecule has 0 atom stereocenters. The Morgan fingerprint density at radius 3 is 2.55 bits per heavy atom. The van der Waals surface area contributed by atoms with E-state index in [-0.39, 0.29) is 22.8 Å². The highest BCUT2D eigenvalue weighted by molar-refractivity contribution is 7.90. The molecule has 0 radical (unpaired) electrons. The summed E-state index contributed by atoms with van der Waals surface area (Å²) in [6.45, 7) is -0.0764. The molecule has 0 saturated carbocycles. The van der Waals surface area contributed by atoms with E-state index < -0.39 is 21.5 Å². The number of nitrogen functional groups attached to an aromatic ring is 1. The average Bonchev–Trinajstić information content (AvgIpc) is 2.44. The van der Waals surface area contributed by atoms with E-state index in [1.54, 1.807) is 18.2 Å². The van der Waals surface area contributed by atoms with Gasteiger partial charge in [0, 0.05) is 11.8 Å². The first kappa shape index (κ1) is 16.0. The number of halogens is 1. The quantitative estimate of drug-likeness (QED) is 0.651. The van der Waals surface area contributed by atoms with Gasteiger partial charge in [-0.3, -0.25) is 5.41 Å². The number of benzene rings is 2. The second-order valence-corrected chi connectivity index (χ2v) is 6.68. The van der Waals surface area contributed by atoms with Crippen molar-refractivity contribution in [3.63, 3.8) is 0 Å². The SMILES string of the molecule is CS(=O)(=O)c1ccccc1COc1cccc(F)c1C(=N)N. The van der Waals surface area contributed by atoms with Gasteiger partial charge in [-0.25, -0.2) is 12.8 Å². The summed E-state index contributed by atoms with van der Waals surface area (Å²) in [4.78, 5) is 0.149. The van der Waals surface area contributed by atoms with E-state index in [1.807, 2.05) is 0 Å². The van der Waals surface area contributed by atoms with Gasteiger partial charge in [0.1, 0.15) is 24.0 Å². The number of amidine groups is 1. The van der Waals surface area contributed by atoms with Gasteiger partial charge in [-0.1, -0.05) is 24.3 Å². The summed E-state index contributed by atoms with van der Waals surface area (Å²) in [7, 11) is -3.39. The smallest absolute Gasteiger partial charge is 0.175 e. The van der Waals surface area contributed by atoms with Gasteiger partial charge in [0.25, 0.3) is 0 Å². The molecule has 0 spiro atoms. The predicted octanol–water partition coefficient (Wildman–Crippen LogP) is 2.09. The van der Waals surface area contributed by atoms with Gasteiger partial charge in [0.15, 0.2) is 9.84 Å². The molecule has 0 bridgehead atoms. The lowest BCUT2D eigenvalue weighted by Gasteiger charge is -2.13. The van der Waals surface area contributed by atoms with Crippen molar-refractivity contribution in [2.45, 2.75) is 11.5 Å². The number of rotatable bonds is 5. The third-order valence-corrected chi connectivity index (χ3v) is 4.20. The maximum Gasteiger partial charge on any atom is 0.175 e. The van der Waals surface area contributed by atoms with Crippen molar-refractivity contribution in [1.29, 1.82) is 5.41 Å². The number of sulfone groups is 1. The van der Waals surface area contributed by atoms with Gasteiger partial charge < -0.3 is 10.5 Å². The molecule has 0 aliphatic heterocycles. The molecular formula is C15H15FN2O3S. The van der Waals surface area contributed by atoms with Crippen LogP contribution in [0.25, 0.3) is 0 Å². The molecule has 2 rings (SSSR count). The van der Waals surface area contributed by atoms with E-state index in [9.17, 15) is 12.8 Å². The molecule has 22 heavy (non-hydrogen) atoms. The van der Waals surface area contributed by atoms with Crippen LogP contribution in [-0.4, -0.2) is 20.5 Å². The minimum Gasteiger partial charge on any atom is -0.488 e. The summed E-state index contributed by atoms with van der Waals surface area (Å²) in [5.74, 6) is -1.03. The van der Waals surface area contributed by atoms with E-state index in [1.165, 1.54) is 24.3 Å². The molecule has 0 amide bonds. The van der Waals surface area contributed by atoms with Gasteiger partial charge in [-0.05, 0) is 18.2 Å². The molecule has 0 unspecified atom stereocenters. The van der Waals surface area contributed by atoms with E-state index in [2.05, 4.69) is 0 Å². The molecule has 0 aromatic heterocycles. The minimum absolute atomic E-state index is 0.0764. The van der Waals surface area contributed by atoms with E-state index in [0.29, 0.717) is 5.56 Å². The molecule has 0 heterocycles. The van der Waals surface area contributed by atoms with E-state index >= 15 is 0 Å². The molecule has 0 saturated heterocycles. The average molecular weight is 322 g/mol. The maximum absolute atomic E-state index is 13.7. The predicted molar refractivity (Wildman–Crippen MR) is 81.3 cm³/mol. The van der Waals surface area contributed by atoms with Gasteiger partial charge >= 0.3 is 0 Å². The van der Waals surface area contributed by atoms with Crippen molar-refractivity contribution >= 4 is 15.7 Å². The Morgan fingerprint density at radius 2 is 1.91 bits per heavy atom. The number of hydrogen-bond donors (Lipinski definition) is 2. The second-order valence-electron chi connectivity index (χ2n) is 4.70. The normalized spacial score (nSPS) is 11.2. The molecule has 2 aromatic rings. The zero-order chi connectivity index (χ0) is 16.3. The molecule has 7 heteroatoms. The summed E-state index contributed by atoms with van der Waals surface area (Å²) in [6.07, 6.45) is 1.11. The van der Waals surface area contributed by atoms with E-state index in [4.69, 9.17) is 15.9 Å². The van der Waals surface area contributed by atoms with Crippen LogP contribution < -0.4 is 10.5 Å². The van der Waals surface area contributed by atoms with Crippen LogP contribution in [0.5, 0.6) is 5.75 Å². The number of nitrogens with two attached hydrogens (primary N) is 1. The molecule has 0 aliphatic carbocycles. The van der Waals surface area contributed by atoms with Crippen molar-refractivity contribution in [1.82, 2.24) is 0 Å².